The van der Waals surface area contributed by atoms with E-state index in [0.717, 1.165) is 18.6 Å². The number of rotatable bonds is 3. The number of carbonyl (C=O) groups excluding carboxylic acids is 1. The fourth-order valence-corrected chi connectivity index (χ4v) is 2.07. The quantitative estimate of drug-likeness (QED) is 0.798. The summed E-state index contributed by atoms with van der Waals surface area (Å²) in [6, 6.07) is 7.92. The lowest BCUT2D eigenvalue weighted by Crippen LogP contribution is -2.37. The fourth-order valence-electron chi connectivity index (χ4n) is 2.07. The van der Waals surface area contributed by atoms with Crippen LogP contribution in [0.5, 0.6) is 5.75 Å². The highest BCUT2D eigenvalue weighted by Crippen LogP contribution is 2.27. The van der Waals surface area contributed by atoms with Crippen LogP contribution in [0, 0.1) is 0 Å². The molecule has 1 fully saturated rings. The second-order valence-electron chi connectivity index (χ2n) is 4.02. The van der Waals surface area contributed by atoms with Gasteiger partial charge in [0.2, 0.25) is 5.91 Å². The molecule has 2 rings (SSSR count). The molecule has 0 saturated carbocycles. The molecular weight excluding hydrogens is 204 g/mol. The third kappa shape index (κ3) is 2.17. The summed E-state index contributed by atoms with van der Waals surface area (Å²) in [6.45, 7) is 0. The molecule has 3 N–H and O–H groups in total. The van der Waals surface area contributed by atoms with Gasteiger partial charge in [0, 0.05) is 6.04 Å². The monoisotopic (exact) mass is 220 g/mol. The molecule has 4 nitrogen and oxygen atoms in total. The zero-order valence-corrected chi connectivity index (χ0v) is 9.27. The summed E-state index contributed by atoms with van der Waals surface area (Å²) in [5, 5.41) is 3.23. The second kappa shape index (κ2) is 4.53. The van der Waals surface area contributed by atoms with Gasteiger partial charge in [-0.05, 0) is 30.5 Å². The van der Waals surface area contributed by atoms with Crippen molar-refractivity contribution in [2.75, 3.05) is 7.11 Å². The van der Waals surface area contributed by atoms with Crippen molar-refractivity contribution in [3.63, 3.8) is 0 Å². The van der Waals surface area contributed by atoms with E-state index in [9.17, 15) is 4.79 Å². The van der Waals surface area contributed by atoms with Gasteiger partial charge in [0.1, 0.15) is 5.75 Å². The van der Waals surface area contributed by atoms with Crippen molar-refractivity contribution in [3.05, 3.63) is 29.8 Å². The van der Waals surface area contributed by atoms with Crippen molar-refractivity contribution in [2.24, 2.45) is 5.73 Å². The lowest BCUT2D eigenvalue weighted by Gasteiger charge is -2.13. The highest BCUT2D eigenvalue weighted by molar-refractivity contribution is 5.80. The minimum atomic E-state index is -0.268. The van der Waals surface area contributed by atoms with Crippen molar-refractivity contribution in [2.45, 2.75) is 24.9 Å². The van der Waals surface area contributed by atoms with E-state index in [0.29, 0.717) is 0 Å². The first-order chi connectivity index (χ1) is 7.70. The van der Waals surface area contributed by atoms with Crippen LogP contribution in [0.2, 0.25) is 0 Å². The Bertz CT molecular complexity index is 375. The Morgan fingerprint density at radius 2 is 2.06 bits per heavy atom. The van der Waals surface area contributed by atoms with Gasteiger partial charge < -0.3 is 10.5 Å². The van der Waals surface area contributed by atoms with Crippen LogP contribution in [0.25, 0.3) is 0 Å². The number of benzene rings is 1. The number of amides is 1. The van der Waals surface area contributed by atoms with E-state index in [1.807, 2.05) is 24.3 Å². The topological polar surface area (TPSA) is 64.3 Å². The Morgan fingerprint density at radius 1 is 1.38 bits per heavy atom. The smallest absolute Gasteiger partial charge is 0.234 e. The Morgan fingerprint density at radius 3 is 2.56 bits per heavy atom. The first-order valence-corrected chi connectivity index (χ1v) is 5.40. The maximum atomic E-state index is 11.0. The van der Waals surface area contributed by atoms with Crippen LogP contribution in [-0.2, 0) is 4.79 Å². The molecule has 0 spiro atoms. The number of hydrogen-bond donors (Lipinski definition) is 2. The summed E-state index contributed by atoms with van der Waals surface area (Å²) in [6.07, 6.45) is 1.76. The first-order valence-electron chi connectivity index (χ1n) is 5.40. The van der Waals surface area contributed by atoms with Gasteiger partial charge >= 0.3 is 0 Å². The normalized spacial score (nSPS) is 24.3. The maximum absolute atomic E-state index is 11.0. The average Bonchev–Trinajstić information content (AvgIpc) is 2.78. The van der Waals surface area contributed by atoms with Gasteiger partial charge in [-0.15, -0.1) is 0 Å². The number of primary amides is 1. The predicted molar refractivity (Wildman–Crippen MR) is 61.1 cm³/mol. The van der Waals surface area contributed by atoms with Gasteiger partial charge in [-0.25, -0.2) is 0 Å². The largest absolute Gasteiger partial charge is 0.497 e. The zero-order valence-electron chi connectivity index (χ0n) is 9.27. The fraction of sp³-hybridized carbons (Fsp3) is 0.417. The van der Waals surface area contributed by atoms with E-state index in [4.69, 9.17) is 10.5 Å². The molecule has 16 heavy (non-hydrogen) atoms. The molecule has 1 aromatic carbocycles. The molecule has 0 aliphatic carbocycles. The van der Waals surface area contributed by atoms with Crippen LogP contribution < -0.4 is 15.8 Å². The highest BCUT2D eigenvalue weighted by Gasteiger charge is 2.28. The SMILES string of the molecule is COc1ccc(C2CCC(C(N)=O)N2)cc1. The van der Waals surface area contributed by atoms with E-state index < -0.39 is 0 Å². The Kier molecular flexibility index (Phi) is 3.10. The van der Waals surface area contributed by atoms with Crippen molar-refractivity contribution in [3.8, 4) is 5.75 Å². The summed E-state index contributed by atoms with van der Waals surface area (Å²) in [5.41, 5.74) is 6.43. The van der Waals surface area contributed by atoms with E-state index in [1.54, 1.807) is 7.11 Å². The van der Waals surface area contributed by atoms with Crippen molar-refractivity contribution in [1.29, 1.82) is 0 Å². The molecule has 2 unspecified atom stereocenters. The number of nitrogens with two attached hydrogens (primary N) is 1. The molecule has 0 bridgehead atoms. The van der Waals surface area contributed by atoms with E-state index >= 15 is 0 Å². The molecule has 2 atom stereocenters. The number of ether oxygens (including phenoxy) is 1. The lowest BCUT2D eigenvalue weighted by atomic mass is 10.1. The number of nitrogens with one attached hydrogen (secondary N) is 1. The van der Waals surface area contributed by atoms with Gasteiger partial charge in [0.05, 0.1) is 13.2 Å². The molecule has 0 radical (unpaired) electrons. The maximum Gasteiger partial charge on any atom is 0.234 e. The van der Waals surface area contributed by atoms with Crippen LogP contribution in [0.1, 0.15) is 24.4 Å². The molecule has 1 aliphatic heterocycles. The number of hydrogen-bond acceptors (Lipinski definition) is 3. The minimum absolute atomic E-state index is 0.188. The average molecular weight is 220 g/mol. The molecule has 1 saturated heterocycles. The van der Waals surface area contributed by atoms with Crippen LogP contribution in [0.4, 0.5) is 0 Å². The zero-order chi connectivity index (χ0) is 11.5. The summed E-state index contributed by atoms with van der Waals surface area (Å²) in [5.74, 6) is 0.573. The number of carbonyl (C=O) groups is 1. The molecule has 1 aliphatic rings. The molecule has 1 aromatic rings. The Hall–Kier alpha value is -1.55. The summed E-state index contributed by atoms with van der Waals surface area (Å²) < 4.78 is 5.10. The summed E-state index contributed by atoms with van der Waals surface area (Å²) >= 11 is 0. The van der Waals surface area contributed by atoms with Crippen LogP contribution in [0.3, 0.4) is 0 Å². The van der Waals surface area contributed by atoms with Crippen LogP contribution >= 0.6 is 0 Å². The molecule has 1 heterocycles. The Balaban J connectivity index is 2.05. The van der Waals surface area contributed by atoms with E-state index in [-0.39, 0.29) is 18.0 Å². The standard InChI is InChI=1S/C12H16N2O2/c1-16-9-4-2-8(3-5-9)10-6-7-11(14-10)12(13)15/h2-5,10-11,14H,6-7H2,1H3,(H2,13,15). The molecule has 0 aromatic heterocycles. The number of methoxy groups -OCH3 is 1. The molecule has 86 valence electrons. The first kappa shape index (κ1) is 11.0. The summed E-state index contributed by atoms with van der Waals surface area (Å²) in [7, 11) is 1.64. The third-order valence-electron chi connectivity index (χ3n) is 3.01. The van der Waals surface area contributed by atoms with Gasteiger partial charge in [0.15, 0.2) is 0 Å². The van der Waals surface area contributed by atoms with E-state index in [2.05, 4.69) is 5.32 Å². The van der Waals surface area contributed by atoms with Gasteiger partial charge in [0.25, 0.3) is 0 Å². The highest BCUT2D eigenvalue weighted by atomic mass is 16.5. The van der Waals surface area contributed by atoms with Gasteiger partial charge in [-0.2, -0.15) is 0 Å². The van der Waals surface area contributed by atoms with Crippen molar-refractivity contribution >= 4 is 5.91 Å². The van der Waals surface area contributed by atoms with E-state index in [1.165, 1.54) is 5.56 Å². The van der Waals surface area contributed by atoms with Crippen LogP contribution in [-0.4, -0.2) is 19.1 Å². The summed E-state index contributed by atoms with van der Waals surface area (Å²) in [4.78, 5) is 11.0. The van der Waals surface area contributed by atoms with Crippen molar-refractivity contribution < 1.29 is 9.53 Å². The minimum Gasteiger partial charge on any atom is -0.497 e. The van der Waals surface area contributed by atoms with Crippen molar-refractivity contribution in [1.82, 2.24) is 5.32 Å². The Labute approximate surface area is 94.8 Å². The second-order valence-corrected chi connectivity index (χ2v) is 4.02. The molecule has 1 amide bonds. The molecular formula is C12H16N2O2. The lowest BCUT2D eigenvalue weighted by molar-refractivity contribution is -0.119. The van der Waals surface area contributed by atoms with Crippen LogP contribution in [0.15, 0.2) is 24.3 Å². The van der Waals surface area contributed by atoms with Gasteiger partial charge in [-0.1, -0.05) is 12.1 Å². The molecule has 4 heteroatoms. The third-order valence-corrected chi connectivity index (χ3v) is 3.01. The van der Waals surface area contributed by atoms with Gasteiger partial charge in [-0.3, -0.25) is 10.1 Å². The predicted octanol–water partition coefficient (Wildman–Crippen LogP) is 0.974.